The van der Waals surface area contributed by atoms with Gasteiger partial charge in [0.1, 0.15) is 5.75 Å². The summed E-state index contributed by atoms with van der Waals surface area (Å²) in [5.41, 5.74) is 0.293. The molecule has 1 aliphatic rings. The molecule has 1 aliphatic carbocycles. The number of ether oxygens (including phenoxy) is 1. The van der Waals surface area contributed by atoms with E-state index in [1.807, 2.05) is 36.4 Å². The molecule has 0 unspecified atom stereocenters. The van der Waals surface area contributed by atoms with Crippen LogP contribution in [0.25, 0.3) is 10.8 Å². The molecule has 4 heteroatoms. The van der Waals surface area contributed by atoms with E-state index in [1.54, 1.807) is 7.11 Å². The Kier molecular flexibility index (Phi) is 4.56. The van der Waals surface area contributed by atoms with Crippen LogP contribution < -0.4 is 4.74 Å². The maximum atomic E-state index is 12.7. The van der Waals surface area contributed by atoms with E-state index < -0.39 is 5.97 Å². The maximum Gasteiger partial charge on any atom is 0.303 e. The normalized spacial score (nSPS) is 16.2. The molecule has 1 fully saturated rings. The van der Waals surface area contributed by atoms with E-state index in [-0.39, 0.29) is 17.6 Å². The first-order valence-electron chi connectivity index (χ1n) is 8.34. The second kappa shape index (κ2) is 6.63. The van der Waals surface area contributed by atoms with Crippen LogP contribution in [0, 0.1) is 5.41 Å². The number of ketones is 1. The Balaban J connectivity index is 1.83. The first-order chi connectivity index (χ1) is 11.5. The molecule has 1 N–H and O–H groups in total. The maximum absolute atomic E-state index is 12.7. The summed E-state index contributed by atoms with van der Waals surface area (Å²) in [7, 11) is 1.63. The number of carboxylic acids is 1. The van der Waals surface area contributed by atoms with Crippen molar-refractivity contribution >= 4 is 22.5 Å². The van der Waals surface area contributed by atoms with Crippen LogP contribution in [-0.2, 0) is 4.79 Å². The van der Waals surface area contributed by atoms with Gasteiger partial charge in [0, 0.05) is 12.0 Å². The predicted molar refractivity (Wildman–Crippen MR) is 92.6 cm³/mol. The van der Waals surface area contributed by atoms with Gasteiger partial charge in [0.2, 0.25) is 0 Å². The summed E-state index contributed by atoms with van der Waals surface area (Å²) in [5, 5.41) is 11.2. The SMILES string of the molecule is COc1ccc2cc(C(=O)CC3(CC(=O)O)CCCC3)ccc2c1. The largest absolute Gasteiger partial charge is 0.497 e. The molecular weight excluding hydrogens is 304 g/mol. The highest BCUT2D eigenvalue weighted by atomic mass is 16.5. The molecule has 4 nitrogen and oxygen atoms in total. The summed E-state index contributed by atoms with van der Waals surface area (Å²) in [6.07, 6.45) is 4.09. The summed E-state index contributed by atoms with van der Waals surface area (Å²) in [4.78, 5) is 23.9. The van der Waals surface area contributed by atoms with Crippen LogP contribution >= 0.6 is 0 Å². The molecule has 1 saturated carbocycles. The molecule has 126 valence electrons. The Labute approximate surface area is 141 Å². The van der Waals surface area contributed by atoms with Crippen molar-refractivity contribution in [3.05, 3.63) is 42.0 Å². The van der Waals surface area contributed by atoms with Crippen molar-refractivity contribution in [1.29, 1.82) is 0 Å². The minimum Gasteiger partial charge on any atom is -0.497 e. The van der Waals surface area contributed by atoms with Gasteiger partial charge in [0.05, 0.1) is 13.5 Å². The monoisotopic (exact) mass is 326 g/mol. The molecule has 0 aromatic heterocycles. The Bertz CT molecular complexity index is 772. The molecule has 2 aromatic rings. The number of methoxy groups -OCH3 is 1. The average molecular weight is 326 g/mol. The third kappa shape index (κ3) is 3.42. The topological polar surface area (TPSA) is 63.6 Å². The van der Waals surface area contributed by atoms with Crippen LogP contribution in [0.3, 0.4) is 0 Å². The van der Waals surface area contributed by atoms with E-state index in [9.17, 15) is 14.7 Å². The van der Waals surface area contributed by atoms with Gasteiger partial charge in [0.15, 0.2) is 5.78 Å². The summed E-state index contributed by atoms with van der Waals surface area (Å²) in [6, 6.07) is 11.4. The molecule has 0 amide bonds. The fourth-order valence-corrected chi connectivity index (χ4v) is 3.83. The minimum absolute atomic E-state index is 0.0378. The van der Waals surface area contributed by atoms with Crippen molar-refractivity contribution in [3.63, 3.8) is 0 Å². The van der Waals surface area contributed by atoms with E-state index in [4.69, 9.17) is 4.74 Å². The van der Waals surface area contributed by atoms with Crippen molar-refractivity contribution in [3.8, 4) is 5.75 Å². The smallest absolute Gasteiger partial charge is 0.303 e. The zero-order valence-corrected chi connectivity index (χ0v) is 13.9. The molecule has 3 rings (SSSR count). The van der Waals surface area contributed by atoms with E-state index in [1.165, 1.54) is 0 Å². The molecule has 2 aromatic carbocycles. The number of Topliss-reactive ketones (excluding diaryl/α,β-unsaturated/α-hetero) is 1. The van der Waals surface area contributed by atoms with Crippen molar-refractivity contribution in [2.75, 3.05) is 7.11 Å². The van der Waals surface area contributed by atoms with Gasteiger partial charge in [-0.15, -0.1) is 0 Å². The Morgan fingerprint density at radius 2 is 1.71 bits per heavy atom. The first kappa shape index (κ1) is 16.5. The number of fused-ring (bicyclic) bond motifs is 1. The molecule has 0 bridgehead atoms. The van der Waals surface area contributed by atoms with Gasteiger partial charge in [-0.2, -0.15) is 0 Å². The minimum atomic E-state index is -0.810. The van der Waals surface area contributed by atoms with Gasteiger partial charge < -0.3 is 9.84 Å². The number of rotatable bonds is 6. The molecule has 0 saturated heterocycles. The van der Waals surface area contributed by atoms with Crippen LogP contribution in [0.1, 0.15) is 48.9 Å². The number of carbonyl (C=O) groups is 2. The van der Waals surface area contributed by atoms with Gasteiger partial charge in [0.25, 0.3) is 0 Å². The molecule has 0 radical (unpaired) electrons. The third-order valence-corrected chi connectivity index (χ3v) is 5.10. The number of carbonyl (C=O) groups excluding carboxylic acids is 1. The van der Waals surface area contributed by atoms with E-state index in [0.29, 0.717) is 12.0 Å². The highest BCUT2D eigenvalue weighted by Gasteiger charge is 2.38. The Morgan fingerprint density at radius 3 is 2.38 bits per heavy atom. The van der Waals surface area contributed by atoms with Gasteiger partial charge in [-0.25, -0.2) is 0 Å². The molecule has 0 aliphatic heterocycles. The number of hydrogen-bond acceptors (Lipinski definition) is 3. The number of hydrogen-bond donors (Lipinski definition) is 1. The van der Waals surface area contributed by atoms with Crippen molar-refractivity contribution in [1.82, 2.24) is 0 Å². The lowest BCUT2D eigenvalue weighted by Crippen LogP contribution is -2.24. The summed E-state index contributed by atoms with van der Waals surface area (Å²) >= 11 is 0. The lowest BCUT2D eigenvalue weighted by Gasteiger charge is -2.26. The van der Waals surface area contributed by atoms with Crippen LogP contribution in [0.2, 0.25) is 0 Å². The van der Waals surface area contributed by atoms with E-state index in [2.05, 4.69) is 0 Å². The molecule has 24 heavy (non-hydrogen) atoms. The fourth-order valence-electron chi connectivity index (χ4n) is 3.83. The number of aliphatic carboxylic acids is 1. The van der Waals surface area contributed by atoms with Crippen LogP contribution in [0.4, 0.5) is 0 Å². The molecular formula is C20H22O4. The van der Waals surface area contributed by atoms with Crippen molar-refractivity contribution in [2.24, 2.45) is 5.41 Å². The Hall–Kier alpha value is -2.36. The van der Waals surface area contributed by atoms with Crippen molar-refractivity contribution in [2.45, 2.75) is 38.5 Å². The van der Waals surface area contributed by atoms with Gasteiger partial charge in [-0.3, -0.25) is 9.59 Å². The second-order valence-corrected chi connectivity index (χ2v) is 6.81. The van der Waals surface area contributed by atoms with Gasteiger partial charge in [-0.1, -0.05) is 31.0 Å². The summed E-state index contributed by atoms with van der Waals surface area (Å²) < 4.78 is 5.22. The average Bonchev–Trinajstić information content (AvgIpc) is 3.00. The van der Waals surface area contributed by atoms with E-state index in [0.717, 1.165) is 42.2 Å². The number of carboxylic acid groups (broad SMARTS) is 1. The van der Waals surface area contributed by atoms with Crippen molar-refractivity contribution < 1.29 is 19.4 Å². The lowest BCUT2D eigenvalue weighted by atomic mass is 9.77. The zero-order valence-electron chi connectivity index (χ0n) is 13.9. The third-order valence-electron chi connectivity index (χ3n) is 5.10. The highest BCUT2D eigenvalue weighted by molar-refractivity contribution is 6.00. The lowest BCUT2D eigenvalue weighted by molar-refractivity contribution is -0.139. The molecule has 0 heterocycles. The predicted octanol–water partition coefficient (Wildman–Crippen LogP) is 4.46. The van der Waals surface area contributed by atoms with Gasteiger partial charge >= 0.3 is 5.97 Å². The quantitative estimate of drug-likeness (QED) is 0.796. The second-order valence-electron chi connectivity index (χ2n) is 6.81. The molecule has 0 atom stereocenters. The standard InChI is InChI=1S/C20H22O4/c1-24-17-7-6-14-10-16(5-4-15(14)11-17)18(21)12-20(13-19(22)23)8-2-3-9-20/h4-7,10-11H,2-3,8-9,12-13H2,1H3,(H,22,23). The fraction of sp³-hybridized carbons (Fsp3) is 0.400. The summed E-state index contributed by atoms with van der Waals surface area (Å²) in [6.45, 7) is 0. The number of benzene rings is 2. The highest BCUT2D eigenvalue weighted by Crippen LogP contribution is 2.44. The first-order valence-corrected chi connectivity index (χ1v) is 8.34. The van der Waals surface area contributed by atoms with E-state index >= 15 is 0 Å². The van der Waals surface area contributed by atoms with Gasteiger partial charge in [-0.05, 0) is 47.2 Å². The van der Waals surface area contributed by atoms with Crippen LogP contribution in [0.15, 0.2) is 36.4 Å². The zero-order chi connectivity index (χ0) is 17.2. The Morgan fingerprint density at radius 1 is 1.04 bits per heavy atom. The molecule has 0 spiro atoms. The van der Waals surface area contributed by atoms with Crippen LogP contribution in [-0.4, -0.2) is 24.0 Å². The summed E-state index contributed by atoms with van der Waals surface area (Å²) in [5.74, 6) is 0.0131. The van der Waals surface area contributed by atoms with Crippen LogP contribution in [0.5, 0.6) is 5.75 Å².